The predicted octanol–water partition coefficient (Wildman–Crippen LogP) is 1.15. The van der Waals surface area contributed by atoms with Gasteiger partial charge in [-0.3, -0.25) is 0 Å². The molecule has 0 unspecified atom stereocenters. The van der Waals surface area contributed by atoms with E-state index < -0.39 is 10.0 Å². The normalized spacial score (nSPS) is 11.0. The quantitative estimate of drug-likeness (QED) is 0.741. The summed E-state index contributed by atoms with van der Waals surface area (Å²) in [7, 11) is -3.65. The largest absolute Gasteiger partial charge is 0.349 e. The van der Waals surface area contributed by atoms with Crippen LogP contribution in [0.25, 0.3) is 10.8 Å². The molecule has 0 heterocycles. The van der Waals surface area contributed by atoms with Crippen LogP contribution in [0.15, 0.2) is 41.3 Å². The van der Waals surface area contributed by atoms with Crippen LogP contribution in [0.2, 0.25) is 0 Å². The number of sulfonamides is 1. The van der Waals surface area contributed by atoms with Crippen molar-refractivity contribution in [2.75, 3.05) is 31.1 Å². The molecule has 5 nitrogen and oxygen atoms in total. The first-order chi connectivity index (χ1) is 11.5. The van der Waals surface area contributed by atoms with Crippen molar-refractivity contribution >= 4 is 26.5 Å². The van der Waals surface area contributed by atoms with Crippen molar-refractivity contribution in [3.05, 3.63) is 36.4 Å². The number of terminal acetylenes is 2. The summed E-state index contributed by atoms with van der Waals surface area (Å²) in [6.45, 7) is 1.09. The molecule has 0 aliphatic rings. The molecule has 0 atom stereocenters. The minimum atomic E-state index is -3.65. The second kappa shape index (κ2) is 7.85. The van der Waals surface area contributed by atoms with Gasteiger partial charge >= 0.3 is 0 Å². The van der Waals surface area contributed by atoms with Gasteiger partial charge in [0.1, 0.15) is 0 Å². The van der Waals surface area contributed by atoms with Crippen molar-refractivity contribution in [2.24, 2.45) is 5.73 Å². The molecular weight excluding hydrogens is 322 g/mol. The molecule has 0 radical (unpaired) electrons. The Morgan fingerprint density at radius 3 is 2.29 bits per heavy atom. The Bertz CT molecular complexity index is 892. The van der Waals surface area contributed by atoms with Gasteiger partial charge in [-0.2, -0.15) is 0 Å². The molecule has 0 aliphatic carbocycles. The van der Waals surface area contributed by atoms with Crippen molar-refractivity contribution in [3.63, 3.8) is 0 Å². The third-order valence-corrected chi connectivity index (χ3v) is 5.01. The maximum absolute atomic E-state index is 12.5. The van der Waals surface area contributed by atoms with Crippen molar-refractivity contribution < 1.29 is 8.42 Å². The number of nitrogens with zero attached hydrogens (tertiary/aromatic N) is 1. The van der Waals surface area contributed by atoms with Crippen LogP contribution in [0.3, 0.4) is 0 Å². The van der Waals surface area contributed by atoms with Crippen LogP contribution in [0.1, 0.15) is 0 Å². The van der Waals surface area contributed by atoms with Crippen LogP contribution in [-0.4, -0.2) is 34.6 Å². The summed E-state index contributed by atoms with van der Waals surface area (Å²) in [5, 5.41) is 1.39. The second-order valence-corrected chi connectivity index (χ2v) is 6.81. The minimum Gasteiger partial charge on any atom is -0.349 e. The van der Waals surface area contributed by atoms with Crippen molar-refractivity contribution in [1.29, 1.82) is 0 Å². The number of hydrogen-bond acceptors (Lipinski definition) is 4. The van der Waals surface area contributed by atoms with Gasteiger partial charge < -0.3 is 10.6 Å². The lowest BCUT2D eigenvalue weighted by Crippen LogP contribution is -2.29. The van der Waals surface area contributed by atoms with Crippen LogP contribution in [0.4, 0.5) is 5.69 Å². The van der Waals surface area contributed by atoms with E-state index in [0.29, 0.717) is 18.5 Å². The smallest absolute Gasteiger partial charge is 0.241 e. The van der Waals surface area contributed by atoms with Crippen molar-refractivity contribution in [2.45, 2.75) is 4.90 Å². The van der Waals surface area contributed by atoms with E-state index in [0.717, 1.165) is 11.1 Å². The highest BCUT2D eigenvalue weighted by molar-refractivity contribution is 7.89. The van der Waals surface area contributed by atoms with Gasteiger partial charge in [-0.25, -0.2) is 13.1 Å². The lowest BCUT2D eigenvalue weighted by atomic mass is 10.1. The Balaban J connectivity index is 2.62. The first kappa shape index (κ1) is 17.8. The Morgan fingerprint density at radius 2 is 1.67 bits per heavy atom. The second-order valence-electron chi connectivity index (χ2n) is 5.08. The highest BCUT2D eigenvalue weighted by atomic mass is 32.2. The molecule has 0 spiro atoms. The number of benzene rings is 2. The zero-order valence-corrected chi connectivity index (χ0v) is 14.0. The molecule has 0 aromatic heterocycles. The Kier molecular flexibility index (Phi) is 5.83. The van der Waals surface area contributed by atoms with Gasteiger partial charge in [0.15, 0.2) is 0 Å². The fraction of sp³-hybridized carbons (Fsp3) is 0.222. The lowest BCUT2D eigenvalue weighted by molar-refractivity contribution is 0.583. The molecule has 24 heavy (non-hydrogen) atoms. The fourth-order valence-corrected chi connectivity index (χ4v) is 3.76. The van der Waals surface area contributed by atoms with E-state index in [1.165, 1.54) is 0 Å². The molecule has 0 saturated carbocycles. The van der Waals surface area contributed by atoms with E-state index in [-0.39, 0.29) is 18.0 Å². The Labute approximate surface area is 142 Å². The first-order valence-electron chi connectivity index (χ1n) is 7.38. The molecular formula is C18H19N3O2S. The van der Waals surface area contributed by atoms with E-state index in [1.54, 1.807) is 24.3 Å². The molecule has 0 saturated heterocycles. The topological polar surface area (TPSA) is 75.4 Å². The Hall–Kier alpha value is -2.51. The summed E-state index contributed by atoms with van der Waals surface area (Å²) >= 11 is 0. The summed E-state index contributed by atoms with van der Waals surface area (Å²) in [5.41, 5.74) is 6.19. The zero-order chi connectivity index (χ0) is 17.6. The number of nitrogens with one attached hydrogen (secondary N) is 1. The zero-order valence-electron chi connectivity index (χ0n) is 13.2. The predicted molar refractivity (Wildman–Crippen MR) is 98.1 cm³/mol. The molecule has 6 heteroatoms. The number of rotatable bonds is 7. The number of fused-ring (bicyclic) bond motifs is 1. The Morgan fingerprint density at radius 1 is 1.04 bits per heavy atom. The monoisotopic (exact) mass is 341 g/mol. The van der Waals surface area contributed by atoms with Crippen LogP contribution in [-0.2, 0) is 10.0 Å². The summed E-state index contributed by atoms with van der Waals surface area (Å²) in [6.07, 6.45) is 10.8. The maximum atomic E-state index is 12.5. The van der Waals surface area contributed by atoms with E-state index in [4.69, 9.17) is 18.6 Å². The van der Waals surface area contributed by atoms with Crippen LogP contribution in [0, 0.1) is 24.7 Å². The van der Waals surface area contributed by atoms with E-state index in [2.05, 4.69) is 16.6 Å². The first-order valence-corrected chi connectivity index (χ1v) is 8.87. The average Bonchev–Trinajstić information content (AvgIpc) is 2.59. The highest BCUT2D eigenvalue weighted by Gasteiger charge is 2.18. The van der Waals surface area contributed by atoms with Gasteiger partial charge in [0.25, 0.3) is 0 Å². The summed E-state index contributed by atoms with van der Waals surface area (Å²) in [4.78, 5) is 2.06. The molecule has 2 aromatic rings. The maximum Gasteiger partial charge on any atom is 0.241 e. The summed E-state index contributed by atoms with van der Waals surface area (Å²) in [6, 6.07) is 10.6. The molecule has 0 amide bonds. The fourth-order valence-electron chi connectivity index (χ4n) is 2.49. The summed E-state index contributed by atoms with van der Waals surface area (Å²) < 4.78 is 27.5. The van der Waals surface area contributed by atoms with Crippen LogP contribution in [0.5, 0.6) is 0 Å². The van der Waals surface area contributed by atoms with Gasteiger partial charge in [-0.1, -0.05) is 36.1 Å². The van der Waals surface area contributed by atoms with Gasteiger partial charge in [0, 0.05) is 29.5 Å². The van der Waals surface area contributed by atoms with Crippen molar-refractivity contribution in [1.82, 2.24) is 4.72 Å². The van der Waals surface area contributed by atoms with Gasteiger partial charge in [0.2, 0.25) is 10.0 Å². The van der Waals surface area contributed by atoms with E-state index in [1.807, 2.05) is 17.0 Å². The average molecular weight is 341 g/mol. The van der Waals surface area contributed by atoms with Crippen LogP contribution < -0.4 is 15.4 Å². The SMILES string of the molecule is C#CCN(CC#C)c1cccc2c(S(=O)(=O)NCCN)cccc12. The summed E-state index contributed by atoms with van der Waals surface area (Å²) in [5.74, 6) is 5.15. The molecule has 2 rings (SSSR count). The highest BCUT2D eigenvalue weighted by Crippen LogP contribution is 2.30. The minimum absolute atomic E-state index is 0.179. The number of anilines is 1. The number of nitrogens with two attached hydrogens (primary N) is 1. The van der Waals surface area contributed by atoms with Crippen molar-refractivity contribution in [3.8, 4) is 24.7 Å². The van der Waals surface area contributed by atoms with Gasteiger partial charge in [-0.15, -0.1) is 12.8 Å². The van der Waals surface area contributed by atoms with Gasteiger partial charge in [0.05, 0.1) is 18.0 Å². The lowest BCUT2D eigenvalue weighted by Gasteiger charge is -2.22. The third-order valence-electron chi connectivity index (χ3n) is 3.49. The third kappa shape index (κ3) is 3.69. The van der Waals surface area contributed by atoms with Gasteiger partial charge in [-0.05, 0) is 12.1 Å². The van der Waals surface area contributed by atoms with E-state index >= 15 is 0 Å². The molecule has 0 fully saturated rings. The standard InChI is InChI=1S/C18H19N3O2S/c1-3-13-21(14-4-2)17-9-5-8-16-15(17)7-6-10-18(16)24(22,23)20-12-11-19/h1-2,5-10,20H,11-14,19H2. The van der Waals surface area contributed by atoms with Crippen LogP contribution >= 0.6 is 0 Å². The molecule has 0 aliphatic heterocycles. The number of hydrogen-bond donors (Lipinski definition) is 2. The molecule has 2 aromatic carbocycles. The molecule has 3 N–H and O–H groups in total. The van der Waals surface area contributed by atoms with E-state index in [9.17, 15) is 8.42 Å². The molecule has 124 valence electrons. The molecule has 0 bridgehead atoms.